The molecule has 2 heterocycles. The Hall–Kier alpha value is -3.95. The minimum Gasteiger partial charge on any atom is -0.505 e. The molecule has 0 bridgehead atoms. The van der Waals surface area contributed by atoms with Crippen LogP contribution in [0.4, 0.5) is 0 Å². The molecule has 0 radical (unpaired) electrons. The van der Waals surface area contributed by atoms with E-state index in [0.717, 1.165) is 6.07 Å². The smallest absolute Gasteiger partial charge is 0.335 e. The highest BCUT2D eigenvalue weighted by Crippen LogP contribution is 2.29. The number of pyridine rings is 1. The van der Waals surface area contributed by atoms with Crippen LogP contribution in [0, 0.1) is 12.3 Å². The minimum absolute atomic E-state index is 0.0825. The summed E-state index contributed by atoms with van der Waals surface area (Å²) in [5.41, 5.74) is 0.230. The van der Waals surface area contributed by atoms with E-state index in [4.69, 9.17) is 10.1 Å². The van der Waals surface area contributed by atoms with Crippen LogP contribution >= 0.6 is 0 Å². The van der Waals surface area contributed by atoms with Crippen LogP contribution in [0.2, 0.25) is 0 Å². The lowest BCUT2D eigenvalue weighted by Crippen LogP contribution is -2.06. The molecule has 4 N–H and O–H groups in total. The number of methoxy groups -OCH3 is 1. The highest BCUT2D eigenvalue weighted by Gasteiger charge is 2.20. The fourth-order valence-electron chi connectivity index (χ4n) is 2.60. The van der Waals surface area contributed by atoms with Gasteiger partial charge in [-0.15, -0.1) is 5.10 Å². The maximum atomic E-state index is 11.3. The van der Waals surface area contributed by atoms with Gasteiger partial charge in [-0.2, -0.15) is 0 Å². The summed E-state index contributed by atoms with van der Waals surface area (Å²) >= 11 is 0. The molecule has 3 rings (SSSR count). The van der Waals surface area contributed by atoms with E-state index in [1.54, 1.807) is 0 Å². The average Bonchev–Trinajstić information content (AvgIpc) is 3.04. The predicted molar refractivity (Wildman–Crippen MR) is 93.0 cm³/mol. The molecule has 27 heavy (non-hydrogen) atoms. The van der Waals surface area contributed by atoms with Crippen LogP contribution in [0.15, 0.2) is 24.4 Å². The third kappa shape index (κ3) is 3.03. The number of aromatic carboxylic acids is 2. The number of carboxylic acid groups (broad SMARTS) is 2. The summed E-state index contributed by atoms with van der Waals surface area (Å²) in [6, 6.07) is 3.56. The van der Waals surface area contributed by atoms with Crippen LogP contribution in [0.25, 0.3) is 16.7 Å². The van der Waals surface area contributed by atoms with E-state index in [-0.39, 0.29) is 45.4 Å². The number of ether oxygens (including phenoxy) is 1. The monoisotopic (exact) mass is 370 g/mol. The molecular formula is C17H14N4O6. The number of benzene rings is 1. The summed E-state index contributed by atoms with van der Waals surface area (Å²) in [5.74, 6) is -3.11. The Morgan fingerprint density at radius 1 is 1.15 bits per heavy atom. The van der Waals surface area contributed by atoms with Crippen LogP contribution in [0.5, 0.6) is 5.75 Å². The van der Waals surface area contributed by atoms with Crippen molar-refractivity contribution >= 4 is 28.9 Å². The number of aryl methyl sites for hydroxylation is 1. The van der Waals surface area contributed by atoms with Gasteiger partial charge in [0.25, 0.3) is 0 Å². The number of carboxylic acids is 2. The molecule has 10 nitrogen and oxygen atoms in total. The summed E-state index contributed by atoms with van der Waals surface area (Å²) in [6.45, 7) is 1.54. The van der Waals surface area contributed by atoms with E-state index in [1.165, 1.54) is 37.0 Å². The van der Waals surface area contributed by atoms with Gasteiger partial charge in [-0.3, -0.25) is 5.41 Å². The zero-order valence-corrected chi connectivity index (χ0v) is 14.2. The second-order valence-electron chi connectivity index (χ2n) is 5.64. The molecular weight excluding hydrogens is 356 g/mol. The molecule has 0 amide bonds. The lowest BCUT2D eigenvalue weighted by Gasteiger charge is -2.07. The van der Waals surface area contributed by atoms with E-state index in [0.29, 0.717) is 5.39 Å². The van der Waals surface area contributed by atoms with Gasteiger partial charge >= 0.3 is 11.9 Å². The summed E-state index contributed by atoms with van der Waals surface area (Å²) in [6.07, 6.45) is 1.41. The van der Waals surface area contributed by atoms with Crippen LogP contribution in [-0.4, -0.2) is 55.0 Å². The van der Waals surface area contributed by atoms with Crippen molar-refractivity contribution in [1.82, 2.24) is 14.8 Å². The Balaban J connectivity index is 2.29. The molecule has 138 valence electrons. The Kier molecular flexibility index (Phi) is 4.24. The third-order valence-electron chi connectivity index (χ3n) is 3.92. The van der Waals surface area contributed by atoms with Gasteiger partial charge in [0.05, 0.1) is 40.6 Å². The maximum absolute atomic E-state index is 11.3. The molecule has 0 spiro atoms. The van der Waals surface area contributed by atoms with E-state index in [1.807, 2.05) is 0 Å². The topological polar surface area (TPSA) is 159 Å². The number of carbonyl (C=O) groups is 2. The van der Waals surface area contributed by atoms with Gasteiger partial charge in [0.15, 0.2) is 5.65 Å². The first kappa shape index (κ1) is 17.9. The summed E-state index contributed by atoms with van der Waals surface area (Å²) in [4.78, 5) is 26.7. The first-order valence-corrected chi connectivity index (χ1v) is 7.56. The fraction of sp³-hybridized carbons (Fsp3) is 0.118. The molecule has 0 atom stereocenters. The van der Waals surface area contributed by atoms with E-state index >= 15 is 0 Å². The Bertz CT molecular complexity index is 1090. The lowest BCUT2D eigenvalue weighted by molar-refractivity contribution is 0.0696. The quantitative estimate of drug-likeness (QED) is 0.400. The zero-order chi connectivity index (χ0) is 19.9. The van der Waals surface area contributed by atoms with Crippen molar-refractivity contribution in [3.63, 3.8) is 0 Å². The molecule has 1 aromatic carbocycles. The molecule has 0 saturated heterocycles. The van der Waals surface area contributed by atoms with Crippen molar-refractivity contribution in [2.24, 2.45) is 0 Å². The number of nitrogens with zero attached hydrogens (tertiary/aromatic N) is 3. The summed E-state index contributed by atoms with van der Waals surface area (Å²) in [7, 11) is 1.28. The highest BCUT2D eigenvalue weighted by molar-refractivity contribution is 6.06. The van der Waals surface area contributed by atoms with Crippen molar-refractivity contribution in [2.45, 2.75) is 6.92 Å². The van der Waals surface area contributed by atoms with Gasteiger partial charge in [0, 0.05) is 6.20 Å². The fourth-order valence-corrected chi connectivity index (χ4v) is 2.60. The van der Waals surface area contributed by atoms with Crippen molar-refractivity contribution in [3.8, 4) is 11.4 Å². The molecule has 0 aliphatic heterocycles. The molecule has 0 aliphatic carbocycles. The van der Waals surface area contributed by atoms with E-state index < -0.39 is 11.9 Å². The summed E-state index contributed by atoms with van der Waals surface area (Å²) in [5, 5.41) is 41.1. The Morgan fingerprint density at radius 2 is 1.74 bits per heavy atom. The third-order valence-corrected chi connectivity index (χ3v) is 3.92. The van der Waals surface area contributed by atoms with Crippen LogP contribution < -0.4 is 0 Å². The molecule has 0 fully saturated rings. The Labute approximate surface area is 151 Å². The minimum atomic E-state index is -1.29. The summed E-state index contributed by atoms with van der Waals surface area (Å²) < 4.78 is 6.14. The average molecular weight is 370 g/mol. The number of aromatic nitrogens is 3. The molecule has 3 aromatic rings. The number of nitrogens with one attached hydrogen (secondary N) is 1. The number of fused-ring (bicyclic) bond motifs is 1. The molecule has 0 aliphatic rings. The zero-order valence-electron chi connectivity index (χ0n) is 14.2. The number of hydrogen-bond acceptors (Lipinski definition) is 7. The van der Waals surface area contributed by atoms with Crippen molar-refractivity contribution in [1.29, 1.82) is 5.41 Å². The van der Waals surface area contributed by atoms with Crippen molar-refractivity contribution in [2.75, 3.05) is 7.11 Å². The van der Waals surface area contributed by atoms with E-state index in [9.17, 15) is 24.9 Å². The number of rotatable bonds is 4. The van der Waals surface area contributed by atoms with Gasteiger partial charge in [-0.05, 0) is 25.1 Å². The van der Waals surface area contributed by atoms with Crippen LogP contribution in [0.1, 0.15) is 32.0 Å². The predicted octanol–water partition coefficient (Wildman–Crippen LogP) is 1.80. The van der Waals surface area contributed by atoms with Crippen LogP contribution in [-0.2, 0) is 4.74 Å². The lowest BCUT2D eigenvalue weighted by atomic mass is 10.1. The number of hydrogen-bond donors (Lipinski definition) is 4. The standard InChI is InChI=1S/C17H14N4O6/c1-7-13(22)12(14(18)27-2)11-6-21(20-15(11)19-7)10-4-8(16(23)24)3-9(5-10)17(25)26/h3-6,18,22H,1-2H3,(H,23,24)(H,25,26). The van der Waals surface area contributed by atoms with Gasteiger partial charge in [0.1, 0.15) is 5.75 Å². The van der Waals surface area contributed by atoms with E-state index in [2.05, 4.69) is 10.1 Å². The largest absolute Gasteiger partial charge is 0.505 e. The second-order valence-corrected chi connectivity index (χ2v) is 5.64. The first-order chi connectivity index (χ1) is 12.7. The van der Waals surface area contributed by atoms with Gasteiger partial charge in [0.2, 0.25) is 5.90 Å². The second kappa shape index (κ2) is 6.41. The van der Waals surface area contributed by atoms with Crippen molar-refractivity contribution < 1.29 is 29.6 Å². The van der Waals surface area contributed by atoms with Gasteiger partial charge in [-0.1, -0.05) is 0 Å². The van der Waals surface area contributed by atoms with Crippen LogP contribution in [0.3, 0.4) is 0 Å². The first-order valence-electron chi connectivity index (χ1n) is 7.56. The maximum Gasteiger partial charge on any atom is 0.335 e. The molecule has 10 heteroatoms. The van der Waals surface area contributed by atoms with Gasteiger partial charge < -0.3 is 20.1 Å². The molecule has 2 aromatic heterocycles. The normalized spacial score (nSPS) is 10.7. The number of aromatic hydroxyl groups is 1. The Morgan fingerprint density at radius 3 is 2.26 bits per heavy atom. The van der Waals surface area contributed by atoms with Gasteiger partial charge in [-0.25, -0.2) is 19.3 Å². The molecule has 0 unspecified atom stereocenters. The SMILES string of the molecule is COC(=N)c1c(O)c(C)nc2nn(-c3cc(C(=O)O)cc(C(=O)O)c3)cc12. The molecule has 0 saturated carbocycles. The highest BCUT2D eigenvalue weighted by atomic mass is 16.5. The van der Waals surface area contributed by atoms with Crippen molar-refractivity contribution in [3.05, 3.63) is 46.8 Å².